The molecule has 0 spiro atoms. The fourth-order valence-corrected chi connectivity index (χ4v) is 5.61. The molecule has 3 aliphatic heterocycles. The van der Waals surface area contributed by atoms with Crippen LogP contribution in [0.1, 0.15) is 35.6 Å². The number of carbonyl (C=O) groups is 2. The zero-order valence-corrected chi connectivity index (χ0v) is 17.4. The zero-order valence-electron chi connectivity index (χ0n) is 15.8. The minimum atomic E-state index is -0.337. The van der Waals surface area contributed by atoms with E-state index < -0.39 is 0 Å². The largest absolute Gasteiger partial charge is 0.292 e. The van der Waals surface area contributed by atoms with Crippen molar-refractivity contribution < 1.29 is 9.59 Å². The maximum absolute atomic E-state index is 13.4. The van der Waals surface area contributed by atoms with Crippen LogP contribution in [0, 0.1) is 23.2 Å². The van der Waals surface area contributed by atoms with Crippen molar-refractivity contribution in [3.8, 4) is 6.07 Å². The topological polar surface area (TPSA) is 64.4 Å². The van der Waals surface area contributed by atoms with Crippen molar-refractivity contribution in [2.75, 3.05) is 6.54 Å². The molecule has 5 nitrogen and oxygen atoms in total. The molecule has 4 atom stereocenters. The molecule has 3 aliphatic rings. The van der Waals surface area contributed by atoms with Gasteiger partial charge in [0, 0.05) is 16.6 Å². The molecule has 3 saturated heterocycles. The van der Waals surface area contributed by atoms with Gasteiger partial charge in [-0.1, -0.05) is 40.2 Å². The Kier molecular flexibility index (Phi) is 4.53. The highest BCUT2D eigenvalue weighted by molar-refractivity contribution is 9.10. The number of carbonyl (C=O) groups excluding carboxylic acids is 2. The number of hydrogen-bond acceptors (Lipinski definition) is 4. The van der Waals surface area contributed by atoms with Crippen LogP contribution in [-0.4, -0.2) is 34.2 Å². The van der Waals surface area contributed by atoms with Crippen LogP contribution in [-0.2, 0) is 16.1 Å². The third-order valence-corrected chi connectivity index (χ3v) is 7.11. The van der Waals surface area contributed by atoms with E-state index in [1.54, 1.807) is 12.1 Å². The Labute approximate surface area is 178 Å². The van der Waals surface area contributed by atoms with Gasteiger partial charge < -0.3 is 0 Å². The van der Waals surface area contributed by atoms with Crippen LogP contribution in [0.5, 0.6) is 0 Å². The Morgan fingerprint density at radius 3 is 2.38 bits per heavy atom. The van der Waals surface area contributed by atoms with Gasteiger partial charge in [-0.2, -0.15) is 5.26 Å². The van der Waals surface area contributed by atoms with Gasteiger partial charge in [-0.25, -0.2) is 0 Å². The molecule has 3 heterocycles. The van der Waals surface area contributed by atoms with E-state index in [0.717, 1.165) is 35.0 Å². The average Bonchev–Trinajstić information content (AvgIpc) is 3.38. The van der Waals surface area contributed by atoms with Crippen molar-refractivity contribution in [2.24, 2.45) is 11.8 Å². The summed E-state index contributed by atoms with van der Waals surface area (Å²) in [5.41, 5.74) is 2.58. The summed E-state index contributed by atoms with van der Waals surface area (Å²) in [5.74, 6) is -0.695. The summed E-state index contributed by atoms with van der Waals surface area (Å²) in [5, 5.41) is 9.09. The van der Waals surface area contributed by atoms with E-state index in [0.29, 0.717) is 12.1 Å². The molecule has 0 aromatic heterocycles. The average molecular weight is 450 g/mol. The van der Waals surface area contributed by atoms with Crippen LogP contribution < -0.4 is 0 Å². The van der Waals surface area contributed by atoms with Gasteiger partial charge in [-0.05, 0) is 54.8 Å². The van der Waals surface area contributed by atoms with E-state index >= 15 is 0 Å². The van der Waals surface area contributed by atoms with Crippen LogP contribution in [0.2, 0.25) is 0 Å². The maximum Gasteiger partial charge on any atom is 0.235 e. The van der Waals surface area contributed by atoms with Gasteiger partial charge in [-0.15, -0.1) is 0 Å². The normalized spacial score (nSPS) is 28.5. The summed E-state index contributed by atoms with van der Waals surface area (Å²) in [6, 6.07) is 17.4. The number of benzene rings is 2. The van der Waals surface area contributed by atoms with Crippen molar-refractivity contribution in [1.82, 2.24) is 9.80 Å². The number of rotatable bonds is 3. The smallest absolute Gasteiger partial charge is 0.235 e. The van der Waals surface area contributed by atoms with Crippen LogP contribution >= 0.6 is 15.9 Å². The second-order valence-electron chi connectivity index (χ2n) is 8.07. The highest BCUT2D eigenvalue weighted by Crippen LogP contribution is 2.53. The lowest BCUT2D eigenvalue weighted by molar-refractivity contribution is -0.142. The van der Waals surface area contributed by atoms with Crippen LogP contribution in [0.25, 0.3) is 0 Å². The molecular weight excluding hydrogens is 430 g/mol. The molecule has 0 aliphatic carbocycles. The quantitative estimate of drug-likeness (QED) is 0.670. The monoisotopic (exact) mass is 449 g/mol. The van der Waals surface area contributed by atoms with E-state index in [1.807, 2.05) is 36.4 Å². The first-order chi connectivity index (χ1) is 14.1. The highest BCUT2D eigenvalue weighted by atomic mass is 79.9. The molecule has 6 heteroatoms. The minimum Gasteiger partial charge on any atom is -0.292 e. The second kappa shape index (κ2) is 7.08. The maximum atomic E-state index is 13.4. The van der Waals surface area contributed by atoms with Crippen molar-refractivity contribution in [2.45, 2.75) is 31.5 Å². The SMILES string of the molecule is N#Cc1ccc([C@@H]2[C@H]3C(=O)N(Cc4ccc(Br)cc4)C(=O)[C@H]3[C@H]3CCCN32)cc1. The first-order valence-corrected chi connectivity index (χ1v) is 10.7. The van der Waals surface area contributed by atoms with Crippen molar-refractivity contribution in [3.05, 3.63) is 69.7 Å². The Hall–Kier alpha value is -2.49. The number of likely N-dealkylation sites (tertiary alicyclic amines) is 1. The molecule has 146 valence electrons. The molecule has 3 fully saturated rings. The van der Waals surface area contributed by atoms with Gasteiger partial charge in [-0.3, -0.25) is 19.4 Å². The van der Waals surface area contributed by atoms with Crippen molar-refractivity contribution >= 4 is 27.7 Å². The molecule has 0 saturated carbocycles. The first kappa shape index (κ1) is 18.5. The van der Waals surface area contributed by atoms with Crippen molar-refractivity contribution in [3.63, 3.8) is 0 Å². The number of hydrogen-bond donors (Lipinski definition) is 0. The van der Waals surface area contributed by atoms with Crippen LogP contribution in [0.4, 0.5) is 0 Å². The molecule has 0 bridgehead atoms. The van der Waals surface area contributed by atoms with Crippen LogP contribution in [0.15, 0.2) is 53.0 Å². The summed E-state index contributed by atoms with van der Waals surface area (Å²) in [7, 11) is 0. The predicted molar refractivity (Wildman–Crippen MR) is 110 cm³/mol. The summed E-state index contributed by atoms with van der Waals surface area (Å²) >= 11 is 3.42. The van der Waals surface area contributed by atoms with E-state index in [9.17, 15) is 9.59 Å². The van der Waals surface area contributed by atoms with E-state index in [4.69, 9.17) is 5.26 Å². The molecule has 2 aromatic carbocycles. The van der Waals surface area contributed by atoms with Gasteiger partial charge in [0.1, 0.15) is 0 Å². The van der Waals surface area contributed by atoms with E-state index in [1.165, 1.54) is 4.90 Å². The molecule has 29 heavy (non-hydrogen) atoms. The van der Waals surface area contributed by atoms with E-state index in [-0.39, 0.29) is 35.7 Å². The van der Waals surface area contributed by atoms with E-state index in [2.05, 4.69) is 26.9 Å². The molecule has 0 unspecified atom stereocenters. The number of nitriles is 1. The van der Waals surface area contributed by atoms with Gasteiger partial charge in [0.25, 0.3) is 0 Å². The number of imide groups is 1. The molecule has 5 rings (SSSR count). The Morgan fingerprint density at radius 2 is 1.69 bits per heavy atom. The zero-order chi connectivity index (χ0) is 20.1. The number of fused-ring (bicyclic) bond motifs is 3. The predicted octanol–water partition coefficient (Wildman–Crippen LogP) is 3.64. The van der Waals surface area contributed by atoms with Crippen LogP contribution in [0.3, 0.4) is 0 Å². The lowest BCUT2D eigenvalue weighted by Gasteiger charge is -2.29. The fraction of sp³-hybridized carbons (Fsp3) is 0.348. The lowest BCUT2D eigenvalue weighted by atomic mass is 9.85. The van der Waals surface area contributed by atoms with Gasteiger partial charge >= 0.3 is 0 Å². The standard InChI is InChI=1S/C23H20BrN3O2/c24-17-9-5-15(6-10-17)13-27-22(28)19-18-2-1-11-26(18)21(20(19)23(27)29)16-7-3-14(12-25)4-8-16/h3-10,18-21H,1-2,11,13H2/t18-,19+,20+,21-/m1/s1. The molecule has 2 amide bonds. The third kappa shape index (κ3) is 2.92. The van der Waals surface area contributed by atoms with Crippen molar-refractivity contribution in [1.29, 1.82) is 5.26 Å². The molecular formula is C23H20BrN3O2. The molecule has 0 radical (unpaired) electrons. The third-order valence-electron chi connectivity index (χ3n) is 6.58. The van der Waals surface area contributed by atoms with Gasteiger partial charge in [0.05, 0.1) is 30.0 Å². The lowest BCUT2D eigenvalue weighted by Crippen LogP contribution is -2.38. The Balaban J connectivity index is 1.49. The summed E-state index contributed by atoms with van der Waals surface area (Å²) < 4.78 is 0.972. The molecule has 0 N–H and O–H groups in total. The minimum absolute atomic E-state index is 0.0315. The summed E-state index contributed by atoms with van der Waals surface area (Å²) in [6.07, 6.45) is 2.01. The number of halogens is 1. The summed E-state index contributed by atoms with van der Waals surface area (Å²) in [6.45, 7) is 1.24. The van der Waals surface area contributed by atoms with Gasteiger partial charge in [0.15, 0.2) is 0 Å². The highest BCUT2D eigenvalue weighted by Gasteiger charge is 2.62. The molecule has 2 aromatic rings. The fourth-order valence-electron chi connectivity index (χ4n) is 5.35. The Morgan fingerprint density at radius 1 is 1.00 bits per heavy atom. The first-order valence-electron chi connectivity index (χ1n) is 9.94. The van der Waals surface area contributed by atoms with Gasteiger partial charge in [0.2, 0.25) is 11.8 Å². The Bertz CT molecular complexity index is 1010. The second-order valence-corrected chi connectivity index (χ2v) is 8.98. The number of amides is 2. The number of nitrogens with zero attached hydrogens (tertiary/aromatic N) is 3. The summed E-state index contributed by atoms with van der Waals surface area (Å²) in [4.78, 5) is 30.6.